The van der Waals surface area contributed by atoms with Crippen molar-refractivity contribution >= 4 is 0 Å². The molecule has 2 saturated heterocycles. The zero-order valence-corrected chi connectivity index (χ0v) is 18.5. The van der Waals surface area contributed by atoms with E-state index >= 15 is 0 Å². The molecule has 2 fully saturated rings. The lowest BCUT2D eigenvalue weighted by atomic mass is 9.63. The van der Waals surface area contributed by atoms with Crippen LogP contribution in [0.4, 0.5) is 13.2 Å². The van der Waals surface area contributed by atoms with Crippen molar-refractivity contribution in [2.45, 2.75) is 63.9 Å². The summed E-state index contributed by atoms with van der Waals surface area (Å²) in [6.07, 6.45) is 0.594. The van der Waals surface area contributed by atoms with Crippen molar-refractivity contribution < 1.29 is 17.9 Å². The Morgan fingerprint density at radius 2 is 1.94 bits per heavy atom. The molecule has 8 heteroatoms. The second kappa shape index (κ2) is 8.53. The van der Waals surface area contributed by atoms with Gasteiger partial charge in [0.25, 0.3) is 0 Å². The molecule has 0 N–H and O–H groups in total. The lowest BCUT2D eigenvalue weighted by molar-refractivity contribution is -0.366. The van der Waals surface area contributed by atoms with Crippen LogP contribution in [-0.4, -0.2) is 45.9 Å². The molecule has 172 valence electrons. The summed E-state index contributed by atoms with van der Waals surface area (Å²) in [5.41, 5.74) is -1.61. The number of nitrogens with zero attached hydrogens (tertiary/aromatic N) is 4. The maximum Gasteiger partial charge on any atom is 0.418 e. The van der Waals surface area contributed by atoms with Crippen LogP contribution in [0.15, 0.2) is 36.7 Å². The van der Waals surface area contributed by atoms with Gasteiger partial charge < -0.3 is 9.30 Å². The van der Waals surface area contributed by atoms with Crippen molar-refractivity contribution in [3.05, 3.63) is 53.6 Å². The summed E-state index contributed by atoms with van der Waals surface area (Å²) in [4.78, 5) is 6.54. The molecule has 1 aromatic heterocycles. The van der Waals surface area contributed by atoms with E-state index in [1.54, 1.807) is 18.3 Å². The predicted molar refractivity (Wildman–Crippen MR) is 114 cm³/mol. The van der Waals surface area contributed by atoms with Gasteiger partial charge in [-0.25, -0.2) is 4.98 Å². The fourth-order valence-corrected chi connectivity index (χ4v) is 5.34. The second-order valence-electron chi connectivity index (χ2n) is 9.32. The van der Waals surface area contributed by atoms with Crippen molar-refractivity contribution in [2.75, 3.05) is 19.7 Å². The van der Waals surface area contributed by atoms with E-state index in [0.717, 1.165) is 11.4 Å². The van der Waals surface area contributed by atoms with Crippen LogP contribution in [-0.2, 0) is 17.7 Å². The summed E-state index contributed by atoms with van der Waals surface area (Å²) in [7, 11) is 0. The number of imidazole rings is 1. The van der Waals surface area contributed by atoms with Crippen molar-refractivity contribution in [2.24, 2.45) is 5.41 Å². The minimum atomic E-state index is -4.41. The largest absolute Gasteiger partial charge is 0.418 e. The fourth-order valence-electron chi connectivity index (χ4n) is 5.34. The van der Waals surface area contributed by atoms with Gasteiger partial charge in [-0.3, -0.25) is 4.90 Å². The molecule has 0 aliphatic carbocycles. The third-order valence-electron chi connectivity index (χ3n) is 7.20. The number of aryl methyl sites for hydroxylation is 1. The van der Waals surface area contributed by atoms with Gasteiger partial charge in [0.1, 0.15) is 5.82 Å². The molecule has 2 aromatic rings. The quantitative estimate of drug-likeness (QED) is 0.608. The molecule has 2 aliphatic rings. The van der Waals surface area contributed by atoms with Crippen LogP contribution in [0.25, 0.3) is 0 Å². The van der Waals surface area contributed by atoms with E-state index in [9.17, 15) is 13.2 Å². The van der Waals surface area contributed by atoms with Crippen LogP contribution < -0.4 is 0 Å². The number of aromatic nitrogens is 2. The number of likely N-dealkylation sites (tertiary alicyclic amines) is 1. The van der Waals surface area contributed by atoms with Gasteiger partial charge in [0, 0.05) is 36.8 Å². The average Bonchev–Trinajstić information content (AvgIpc) is 3.33. The number of hydrogen-bond acceptors (Lipinski definition) is 4. The number of rotatable bonds is 7. The predicted octanol–water partition coefficient (Wildman–Crippen LogP) is 4.88. The third kappa shape index (κ3) is 3.93. The van der Waals surface area contributed by atoms with Gasteiger partial charge in [-0.05, 0) is 57.4 Å². The fraction of sp³-hybridized carbons (Fsp3) is 0.583. The minimum Gasteiger partial charge on any atom is -0.365 e. The number of ether oxygens (including phenoxy) is 1. The molecule has 3 heterocycles. The van der Waals surface area contributed by atoms with E-state index in [4.69, 9.17) is 10.00 Å². The first-order chi connectivity index (χ1) is 15.2. The topological polar surface area (TPSA) is 54.1 Å². The Bertz CT molecular complexity index is 972. The molecular weight excluding hydrogens is 417 g/mol. The van der Waals surface area contributed by atoms with Crippen LogP contribution >= 0.6 is 0 Å². The number of nitriles is 1. The minimum absolute atomic E-state index is 0.0122. The lowest BCUT2D eigenvalue weighted by Crippen LogP contribution is -2.67. The average molecular weight is 447 g/mol. The van der Waals surface area contributed by atoms with E-state index < -0.39 is 17.2 Å². The summed E-state index contributed by atoms with van der Waals surface area (Å²) < 4.78 is 50.6. The zero-order valence-electron chi connectivity index (χ0n) is 18.5. The second-order valence-corrected chi connectivity index (χ2v) is 9.32. The molecule has 32 heavy (non-hydrogen) atoms. The van der Waals surface area contributed by atoms with E-state index in [1.165, 1.54) is 0 Å². The molecule has 4 rings (SSSR count). The highest BCUT2D eigenvalue weighted by atomic mass is 19.4. The monoisotopic (exact) mass is 446 g/mol. The Balaban J connectivity index is 1.57. The Morgan fingerprint density at radius 1 is 1.22 bits per heavy atom. The molecule has 0 spiro atoms. The van der Waals surface area contributed by atoms with Crippen LogP contribution in [0.5, 0.6) is 0 Å². The Labute approximate surface area is 186 Å². The van der Waals surface area contributed by atoms with E-state index in [-0.39, 0.29) is 19.1 Å². The third-order valence-corrected chi connectivity index (χ3v) is 7.20. The molecule has 1 unspecified atom stereocenters. The molecule has 2 aliphatic heterocycles. The number of halogens is 3. The van der Waals surface area contributed by atoms with Gasteiger partial charge in [-0.2, -0.15) is 18.4 Å². The smallest absolute Gasteiger partial charge is 0.365 e. The molecule has 5 nitrogen and oxygen atoms in total. The molecule has 2 atom stereocenters. The van der Waals surface area contributed by atoms with Crippen LogP contribution in [0, 0.1) is 16.7 Å². The van der Waals surface area contributed by atoms with Crippen LogP contribution in [0.2, 0.25) is 0 Å². The first-order valence-corrected chi connectivity index (χ1v) is 11.1. The Morgan fingerprint density at radius 3 is 2.50 bits per heavy atom. The summed E-state index contributed by atoms with van der Waals surface area (Å²) in [5, 5.41) is 8.99. The SMILES string of the molecule is CC(C)n1ccnc1CN1CC[C@@](CCc2ccc(C#N)cc2)(C2(C(F)(F)F)CCO2)C1. The first-order valence-electron chi connectivity index (χ1n) is 11.1. The van der Waals surface area contributed by atoms with Gasteiger partial charge in [0.2, 0.25) is 0 Å². The van der Waals surface area contributed by atoms with Crippen molar-refractivity contribution in [3.8, 4) is 6.07 Å². The standard InChI is InChI=1S/C24H29F3N4O/c1-18(2)31-13-11-29-21(31)16-30-12-9-22(17-30,23(10-14-32-23)24(25,26)27)8-7-19-3-5-20(15-28)6-4-19/h3-6,11,13,18H,7-10,12,14,16-17H2,1-2H3/t22-,23?/m1/s1. The molecule has 0 radical (unpaired) electrons. The summed E-state index contributed by atoms with van der Waals surface area (Å²) >= 11 is 0. The molecule has 0 saturated carbocycles. The van der Waals surface area contributed by atoms with E-state index in [0.29, 0.717) is 44.5 Å². The van der Waals surface area contributed by atoms with Gasteiger partial charge in [0.15, 0.2) is 5.60 Å². The van der Waals surface area contributed by atoms with Crippen molar-refractivity contribution in [1.29, 1.82) is 5.26 Å². The zero-order chi connectivity index (χ0) is 23.0. The Kier molecular flexibility index (Phi) is 6.08. The van der Waals surface area contributed by atoms with Gasteiger partial charge >= 0.3 is 6.18 Å². The van der Waals surface area contributed by atoms with Gasteiger partial charge in [0.05, 0.1) is 24.8 Å². The lowest BCUT2D eigenvalue weighted by Gasteiger charge is -2.54. The molecular formula is C24H29F3N4O. The first kappa shape index (κ1) is 22.8. The number of alkyl halides is 3. The normalized spacial score (nSPS) is 26.3. The van der Waals surface area contributed by atoms with Crippen LogP contribution in [0.3, 0.4) is 0 Å². The number of hydrogen-bond donors (Lipinski definition) is 0. The maximum absolute atomic E-state index is 14.4. The van der Waals surface area contributed by atoms with Crippen molar-refractivity contribution in [1.82, 2.24) is 14.5 Å². The number of benzene rings is 1. The maximum atomic E-state index is 14.4. The van der Waals surface area contributed by atoms with E-state index in [1.807, 2.05) is 18.3 Å². The Hall–Kier alpha value is -2.37. The summed E-state index contributed by atoms with van der Waals surface area (Å²) in [6, 6.07) is 9.42. The van der Waals surface area contributed by atoms with Crippen LogP contribution in [0.1, 0.15) is 56.1 Å². The highest BCUT2D eigenvalue weighted by molar-refractivity contribution is 5.32. The summed E-state index contributed by atoms with van der Waals surface area (Å²) in [6.45, 7) is 5.72. The molecule has 0 bridgehead atoms. The highest BCUT2D eigenvalue weighted by Crippen LogP contribution is 2.59. The summed E-state index contributed by atoms with van der Waals surface area (Å²) in [5.74, 6) is 0.874. The van der Waals surface area contributed by atoms with Gasteiger partial charge in [-0.1, -0.05) is 12.1 Å². The van der Waals surface area contributed by atoms with Crippen molar-refractivity contribution in [3.63, 3.8) is 0 Å². The molecule has 1 aromatic carbocycles. The van der Waals surface area contributed by atoms with Gasteiger partial charge in [-0.15, -0.1) is 0 Å². The highest BCUT2D eigenvalue weighted by Gasteiger charge is 2.71. The molecule has 0 amide bonds. The van der Waals surface area contributed by atoms with E-state index in [2.05, 4.69) is 34.4 Å².